The Morgan fingerprint density at radius 3 is 2.05 bits per heavy atom. The summed E-state index contributed by atoms with van der Waals surface area (Å²) >= 11 is 3.43. The third-order valence-electron chi connectivity index (χ3n) is 3.27. The number of aromatic nitrogens is 1. The minimum Gasteiger partial charge on any atom is -0.264 e. The summed E-state index contributed by atoms with van der Waals surface area (Å²) < 4.78 is 2.70. The predicted molar refractivity (Wildman–Crippen MR) is 89.9 cm³/mol. The van der Waals surface area contributed by atoms with Crippen molar-refractivity contribution in [2.45, 2.75) is 0 Å². The predicted octanol–water partition coefficient (Wildman–Crippen LogP) is 3.79. The van der Waals surface area contributed by atoms with Crippen LogP contribution in [0.15, 0.2) is 83.6 Å². The fraction of sp³-hybridized carbons (Fsp3) is 0. The third kappa shape index (κ3) is 3.40. The molecule has 0 spiro atoms. The number of pyridine rings is 1. The standard InChI is InChI=1S/C18H13BrN2O/c19-17-8-6-14(7-9-17)15-10-12-21(13-11-15)20-18(22)16-4-2-1-3-5-16/h1-13H/p+1. The van der Waals surface area contributed by atoms with Crippen molar-refractivity contribution in [3.63, 3.8) is 0 Å². The first-order valence-corrected chi connectivity index (χ1v) is 7.65. The summed E-state index contributed by atoms with van der Waals surface area (Å²) in [5.74, 6) is -0.137. The van der Waals surface area contributed by atoms with E-state index in [2.05, 4.69) is 21.4 Å². The number of hydrogen-bond acceptors (Lipinski definition) is 1. The third-order valence-corrected chi connectivity index (χ3v) is 3.80. The zero-order chi connectivity index (χ0) is 15.4. The van der Waals surface area contributed by atoms with Crippen LogP contribution in [-0.2, 0) is 0 Å². The first-order chi connectivity index (χ1) is 10.7. The van der Waals surface area contributed by atoms with E-state index in [9.17, 15) is 4.79 Å². The molecule has 1 N–H and O–H groups in total. The Morgan fingerprint density at radius 1 is 0.818 bits per heavy atom. The van der Waals surface area contributed by atoms with Crippen LogP contribution in [0.5, 0.6) is 0 Å². The van der Waals surface area contributed by atoms with Crippen molar-refractivity contribution < 1.29 is 9.47 Å². The fourth-order valence-corrected chi connectivity index (χ4v) is 2.37. The van der Waals surface area contributed by atoms with Crippen molar-refractivity contribution in [3.05, 3.63) is 89.2 Å². The molecule has 3 nitrogen and oxygen atoms in total. The molecule has 0 aliphatic carbocycles. The van der Waals surface area contributed by atoms with Gasteiger partial charge in [0.15, 0.2) is 0 Å². The molecule has 0 unspecified atom stereocenters. The Morgan fingerprint density at radius 2 is 1.41 bits per heavy atom. The highest BCUT2D eigenvalue weighted by molar-refractivity contribution is 9.10. The molecule has 1 aromatic heterocycles. The summed E-state index contributed by atoms with van der Waals surface area (Å²) in [4.78, 5) is 12.1. The minimum atomic E-state index is -0.137. The molecule has 0 saturated heterocycles. The average Bonchev–Trinajstić information content (AvgIpc) is 2.57. The van der Waals surface area contributed by atoms with E-state index < -0.39 is 0 Å². The summed E-state index contributed by atoms with van der Waals surface area (Å²) in [5, 5.41) is 0. The lowest BCUT2D eigenvalue weighted by Crippen LogP contribution is -2.47. The van der Waals surface area contributed by atoms with E-state index in [4.69, 9.17) is 0 Å². The number of halogens is 1. The molecule has 108 valence electrons. The summed E-state index contributed by atoms with van der Waals surface area (Å²) in [7, 11) is 0. The Labute approximate surface area is 137 Å². The van der Waals surface area contributed by atoms with E-state index in [1.807, 2.05) is 67.0 Å². The van der Waals surface area contributed by atoms with Crippen molar-refractivity contribution in [1.29, 1.82) is 0 Å². The number of nitrogens with zero attached hydrogens (tertiary/aromatic N) is 1. The van der Waals surface area contributed by atoms with Gasteiger partial charge in [0.25, 0.3) is 0 Å². The first kappa shape index (κ1) is 14.5. The molecule has 0 saturated carbocycles. The normalized spacial score (nSPS) is 10.2. The largest absolute Gasteiger partial charge is 0.305 e. The molecule has 0 fully saturated rings. The summed E-state index contributed by atoms with van der Waals surface area (Å²) in [6.07, 6.45) is 3.66. The molecular formula is C18H14BrN2O+. The molecule has 1 amide bonds. The Hall–Kier alpha value is -2.46. The van der Waals surface area contributed by atoms with Gasteiger partial charge in [-0.05, 0) is 35.4 Å². The number of hydrogen-bond donors (Lipinski definition) is 1. The molecule has 3 aromatic rings. The van der Waals surface area contributed by atoms with E-state index in [1.165, 1.54) is 0 Å². The van der Waals surface area contributed by atoms with Crippen LogP contribution in [0.25, 0.3) is 11.1 Å². The molecule has 0 radical (unpaired) electrons. The molecule has 0 atom stereocenters. The van der Waals surface area contributed by atoms with Crippen molar-refractivity contribution >= 4 is 21.8 Å². The molecule has 22 heavy (non-hydrogen) atoms. The van der Waals surface area contributed by atoms with Gasteiger partial charge in [0.1, 0.15) is 0 Å². The van der Waals surface area contributed by atoms with Gasteiger partial charge in [0.2, 0.25) is 12.4 Å². The van der Waals surface area contributed by atoms with E-state index in [1.54, 1.807) is 16.8 Å². The topological polar surface area (TPSA) is 33.0 Å². The van der Waals surface area contributed by atoms with E-state index >= 15 is 0 Å². The molecule has 0 aliphatic heterocycles. The lowest BCUT2D eigenvalue weighted by atomic mass is 10.1. The fourth-order valence-electron chi connectivity index (χ4n) is 2.11. The summed E-state index contributed by atoms with van der Waals surface area (Å²) in [6.45, 7) is 0. The highest BCUT2D eigenvalue weighted by Gasteiger charge is 2.10. The highest BCUT2D eigenvalue weighted by Crippen LogP contribution is 2.20. The zero-order valence-electron chi connectivity index (χ0n) is 11.7. The Bertz CT molecular complexity index is 768. The van der Waals surface area contributed by atoms with Gasteiger partial charge in [0.05, 0.1) is 0 Å². The van der Waals surface area contributed by atoms with Gasteiger partial charge in [-0.15, -0.1) is 5.43 Å². The van der Waals surface area contributed by atoms with E-state index in [0.29, 0.717) is 5.56 Å². The van der Waals surface area contributed by atoms with Crippen LogP contribution >= 0.6 is 15.9 Å². The lowest BCUT2D eigenvalue weighted by molar-refractivity contribution is -0.641. The average molecular weight is 354 g/mol. The van der Waals surface area contributed by atoms with Crippen molar-refractivity contribution in [1.82, 2.24) is 0 Å². The van der Waals surface area contributed by atoms with Crippen LogP contribution in [0.1, 0.15) is 10.4 Å². The van der Waals surface area contributed by atoms with Gasteiger partial charge in [-0.1, -0.05) is 50.9 Å². The van der Waals surface area contributed by atoms with Gasteiger partial charge in [-0.2, -0.15) is 0 Å². The van der Waals surface area contributed by atoms with Crippen LogP contribution < -0.4 is 10.1 Å². The maximum absolute atomic E-state index is 12.1. The van der Waals surface area contributed by atoms with Gasteiger partial charge >= 0.3 is 5.91 Å². The highest BCUT2D eigenvalue weighted by atomic mass is 79.9. The van der Waals surface area contributed by atoms with Crippen LogP contribution in [0.3, 0.4) is 0 Å². The smallest absolute Gasteiger partial charge is 0.264 e. The number of carbonyl (C=O) groups is 1. The SMILES string of the molecule is O=C(N[n+]1ccc(-c2ccc(Br)cc2)cc1)c1ccccc1. The maximum Gasteiger partial charge on any atom is 0.305 e. The van der Waals surface area contributed by atoms with Crippen LogP contribution in [0.4, 0.5) is 0 Å². The maximum atomic E-state index is 12.1. The van der Waals surface area contributed by atoms with Gasteiger partial charge in [-0.25, -0.2) is 0 Å². The molecule has 3 rings (SSSR count). The molecule has 1 heterocycles. The molecule has 4 heteroatoms. The van der Waals surface area contributed by atoms with Crippen molar-refractivity contribution in [3.8, 4) is 11.1 Å². The second-order valence-electron chi connectivity index (χ2n) is 4.81. The number of rotatable bonds is 3. The van der Waals surface area contributed by atoms with Crippen LogP contribution in [-0.4, -0.2) is 5.91 Å². The number of nitrogens with one attached hydrogen (secondary N) is 1. The number of amides is 1. The summed E-state index contributed by atoms with van der Waals surface area (Å²) in [6, 6.07) is 21.2. The molecular weight excluding hydrogens is 340 g/mol. The Balaban J connectivity index is 1.74. The second kappa shape index (κ2) is 6.54. The Kier molecular flexibility index (Phi) is 4.30. The van der Waals surface area contributed by atoms with Crippen molar-refractivity contribution in [2.75, 3.05) is 5.43 Å². The number of benzene rings is 2. The molecule has 0 aliphatic rings. The summed E-state index contributed by atoms with van der Waals surface area (Å²) in [5.41, 5.74) is 5.67. The molecule has 0 bridgehead atoms. The first-order valence-electron chi connectivity index (χ1n) is 6.86. The van der Waals surface area contributed by atoms with Crippen LogP contribution in [0, 0.1) is 0 Å². The second-order valence-corrected chi connectivity index (χ2v) is 5.72. The lowest BCUT2D eigenvalue weighted by Gasteiger charge is -2.02. The van der Waals surface area contributed by atoms with Gasteiger partial charge < -0.3 is 0 Å². The number of carbonyl (C=O) groups excluding carboxylic acids is 1. The monoisotopic (exact) mass is 353 g/mol. The van der Waals surface area contributed by atoms with Gasteiger partial charge in [-0.3, -0.25) is 4.79 Å². The quantitative estimate of drug-likeness (QED) is 0.714. The molecule has 2 aromatic carbocycles. The van der Waals surface area contributed by atoms with Gasteiger partial charge in [0, 0.05) is 22.2 Å². The van der Waals surface area contributed by atoms with Crippen LogP contribution in [0.2, 0.25) is 0 Å². The van der Waals surface area contributed by atoms with E-state index in [0.717, 1.165) is 15.6 Å². The van der Waals surface area contributed by atoms with Crippen molar-refractivity contribution in [2.24, 2.45) is 0 Å². The zero-order valence-corrected chi connectivity index (χ0v) is 13.3. The minimum absolute atomic E-state index is 0.137. The van der Waals surface area contributed by atoms with E-state index in [-0.39, 0.29) is 5.91 Å².